The number of anilines is 1. The molecule has 0 saturated carbocycles. The van der Waals surface area contributed by atoms with Crippen LogP contribution in [-0.2, 0) is 11.3 Å². The lowest BCUT2D eigenvalue weighted by Crippen LogP contribution is -2.30. The Morgan fingerprint density at radius 3 is 3.11 bits per heavy atom. The Bertz CT molecular complexity index is 406. The van der Waals surface area contributed by atoms with E-state index in [1.165, 1.54) is 0 Å². The molecule has 98 valence electrons. The van der Waals surface area contributed by atoms with E-state index in [0.29, 0.717) is 13.0 Å². The maximum atomic E-state index is 12.0. The SMILES string of the molecule is CCNc1ncccc1CN1CCCCCC1=O. The highest BCUT2D eigenvalue weighted by molar-refractivity contribution is 5.76. The fraction of sp³-hybridized carbons (Fsp3) is 0.571. The van der Waals surface area contributed by atoms with E-state index in [4.69, 9.17) is 0 Å². The number of carbonyl (C=O) groups is 1. The van der Waals surface area contributed by atoms with Crippen molar-refractivity contribution >= 4 is 11.7 Å². The standard InChI is InChI=1S/C14H21N3O/c1-2-15-14-12(7-6-9-16-14)11-17-10-5-3-4-8-13(17)18/h6-7,9H,2-5,8,10-11H2,1H3,(H,15,16). The molecule has 18 heavy (non-hydrogen) atoms. The van der Waals surface area contributed by atoms with Gasteiger partial charge in [-0.3, -0.25) is 4.79 Å². The average Bonchev–Trinajstić information content (AvgIpc) is 2.58. The maximum Gasteiger partial charge on any atom is 0.222 e. The van der Waals surface area contributed by atoms with Crippen molar-refractivity contribution in [2.24, 2.45) is 0 Å². The molecule has 1 amide bonds. The molecule has 0 atom stereocenters. The number of aromatic nitrogens is 1. The van der Waals surface area contributed by atoms with Crippen molar-refractivity contribution in [2.75, 3.05) is 18.4 Å². The summed E-state index contributed by atoms with van der Waals surface area (Å²) in [5.74, 6) is 1.18. The summed E-state index contributed by atoms with van der Waals surface area (Å²) in [5.41, 5.74) is 1.11. The number of nitrogens with zero attached hydrogens (tertiary/aromatic N) is 2. The van der Waals surface area contributed by atoms with Crippen LogP contribution < -0.4 is 5.32 Å². The summed E-state index contributed by atoms with van der Waals surface area (Å²) >= 11 is 0. The Hall–Kier alpha value is -1.58. The zero-order valence-corrected chi connectivity index (χ0v) is 11.0. The Morgan fingerprint density at radius 2 is 2.28 bits per heavy atom. The highest BCUT2D eigenvalue weighted by Crippen LogP contribution is 2.18. The number of carbonyl (C=O) groups excluding carboxylic acids is 1. The highest BCUT2D eigenvalue weighted by atomic mass is 16.2. The van der Waals surface area contributed by atoms with Crippen molar-refractivity contribution in [1.29, 1.82) is 0 Å². The van der Waals surface area contributed by atoms with Gasteiger partial charge >= 0.3 is 0 Å². The topological polar surface area (TPSA) is 45.2 Å². The quantitative estimate of drug-likeness (QED) is 0.888. The molecule has 1 aliphatic rings. The van der Waals surface area contributed by atoms with E-state index < -0.39 is 0 Å². The van der Waals surface area contributed by atoms with E-state index >= 15 is 0 Å². The first-order chi connectivity index (χ1) is 8.81. The van der Waals surface area contributed by atoms with Crippen LogP contribution in [0.25, 0.3) is 0 Å². The van der Waals surface area contributed by atoms with Gasteiger partial charge < -0.3 is 10.2 Å². The molecule has 0 spiro atoms. The number of hydrogen-bond donors (Lipinski definition) is 1. The molecule has 0 aliphatic carbocycles. The summed E-state index contributed by atoms with van der Waals surface area (Å²) < 4.78 is 0. The minimum atomic E-state index is 0.277. The van der Waals surface area contributed by atoms with Gasteiger partial charge in [0.15, 0.2) is 0 Å². The first-order valence-corrected chi connectivity index (χ1v) is 6.77. The summed E-state index contributed by atoms with van der Waals surface area (Å²) in [6.45, 7) is 4.45. The van der Waals surface area contributed by atoms with Crippen LogP contribution in [0, 0.1) is 0 Å². The van der Waals surface area contributed by atoms with Crippen molar-refractivity contribution in [3.05, 3.63) is 23.9 Å². The summed E-state index contributed by atoms with van der Waals surface area (Å²) in [5, 5.41) is 3.25. The van der Waals surface area contributed by atoms with Crippen LogP contribution >= 0.6 is 0 Å². The largest absolute Gasteiger partial charge is 0.370 e. The van der Waals surface area contributed by atoms with E-state index in [-0.39, 0.29) is 5.91 Å². The van der Waals surface area contributed by atoms with E-state index in [1.54, 1.807) is 6.20 Å². The Labute approximate surface area is 108 Å². The summed E-state index contributed by atoms with van der Waals surface area (Å²) in [7, 11) is 0. The van der Waals surface area contributed by atoms with Crippen molar-refractivity contribution < 1.29 is 4.79 Å². The Kier molecular flexibility index (Phi) is 4.56. The van der Waals surface area contributed by atoms with Crippen molar-refractivity contribution in [1.82, 2.24) is 9.88 Å². The zero-order valence-electron chi connectivity index (χ0n) is 11.0. The van der Waals surface area contributed by atoms with Gasteiger partial charge in [0.1, 0.15) is 5.82 Å². The third kappa shape index (κ3) is 3.22. The van der Waals surface area contributed by atoms with E-state index in [1.807, 2.05) is 17.0 Å². The summed E-state index contributed by atoms with van der Waals surface area (Å²) in [6.07, 6.45) is 5.78. The minimum absolute atomic E-state index is 0.277. The van der Waals surface area contributed by atoms with Crippen LogP contribution in [0.2, 0.25) is 0 Å². The van der Waals surface area contributed by atoms with Gasteiger partial charge in [-0.25, -0.2) is 4.98 Å². The number of rotatable bonds is 4. The molecule has 2 heterocycles. The third-order valence-electron chi connectivity index (χ3n) is 3.27. The normalized spacial score (nSPS) is 16.5. The molecule has 1 N–H and O–H groups in total. The number of likely N-dealkylation sites (tertiary alicyclic amines) is 1. The fourth-order valence-electron chi connectivity index (χ4n) is 2.30. The molecular formula is C14H21N3O. The van der Waals surface area contributed by atoms with Gasteiger partial charge in [-0.2, -0.15) is 0 Å². The van der Waals surface area contributed by atoms with Gasteiger partial charge in [-0.05, 0) is 25.8 Å². The van der Waals surface area contributed by atoms with Crippen LogP contribution in [0.1, 0.15) is 38.2 Å². The van der Waals surface area contributed by atoms with Gasteiger partial charge in [0.05, 0.1) is 0 Å². The summed E-state index contributed by atoms with van der Waals surface area (Å²) in [4.78, 5) is 18.3. The number of amides is 1. The van der Waals surface area contributed by atoms with Gasteiger partial charge in [-0.1, -0.05) is 12.5 Å². The van der Waals surface area contributed by atoms with Gasteiger partial charge in [0.2, 0.25) is 5.91 Å². The molecule has 1 saturated heterocycles. The molecule has 0 aromatic carbocycles. The van der Waals surface area contributed by atoms with Crippen molar-refractivity contribution in [3.63, 3.8) is 0 Å². The number of nitrogens with one attached hydrogen (secondary N) is 1. The zero-order chi connectivity index (χ0) is 12.8. The molecule has 1 fully saturated rings. The lowest BCUT2D eigenvalue weighted by atomic mass is 10.2. The molecule has 1 aliphatic heterocycles. The second-order valence-electron chi connectivity index (χ2n) is 4.67. The Morgan fingerprint density at radius 1 is 1.39 bits per heavy atom. The molecule has 0 unspecified atom stereocenters. The first kappa shape index (κ1) is 12.9. The van der Waals surface area contributed by atoms with Crippen LogP contribution in [0.15, 0.2) is 18.3 Å². The van der Waals surface area contributed by atoms with E-state index in [9.17, 15) is 4.79 Å². The van der Waals surface area contributed by atoms with Crippen LogP contribution in [0.3, 0.4) is 0 Å². The van der Waals surface area contributed by atoms with Crippen LogP contribution in [0.5, 0.6) is 0 Å². The molecule has 4 heteroatoms. The molecule has 0 radical (unpaired) electrons. The van der Waals surface area contributed by atoms with Crippen molar-refractivity contribution in [2.45, 2.75) is 39.2 Å². The predicted molar refractivity (Wildman–Crippen MR) is 72.3 cm³/mol. The minimum Gasteiger partial charge on any atom is -0.370 e. The molecular weight excluding hydrogens is 226 g/mol. The van der Waals surface area contributed by atoms with Gasteiger partial charge in [0.25, 0.3) is 0 Å². The fourth-order valence-corrected chi connectivity index (χ4v) is 2.30. The van der Waals surface area contributed by atoms with Crippen LogP contribution in [0.4, 0.5) is 5.82 Å². The highest BCUT2D eigenvalue weighted by Gasteiger charge is 2.17. The first-order valence-electron chi connectivity index (χ1n) is 6.77. The van der Waals surface area contributed by atoms with Gasteiger partial charge in [-0.15, -0.1) is 0 Å². The smallest absolute Gasteiger partial charge is 0.222 e. The monoisotopic (exact) mass is 247 g/mol. The summed E-state index contributed by atoms with van der Waals surface area (Å²) in [6, 6.07) is 3.97. The predicted octanol–water partition coefficient (Wildman–Crippen LogP) is 2.42. The second-order valence-corrected chi connectivity index (χ2v) is 4.67. The van der Waals surface area contributed by atoms with E-state index in [2.05, 4.69) is 17.2 Å². The molecule has 2 rings (SSSR count). The third-order valence-corrected chi connectivity index (χ3v) is 3.27. The molecule has 1 aromatic rings. The molecule has 4 nitrogen and oxygen atoms in total. The Balaban J connectivity index is 2.09. The number of pyridine rings is 1. The molecule has 0 bridgehead atoms. The average molecular weight is 247 g/mol. The van der Waals surface area contributed by atoms with Gasteiger partial charge in [0, 0.05) is 37.8 Å². The lowest BCUT2D eigenvalue weighted by molar-refractivity contribution is -0.131. The lowest BCUT2D eigenvalue weighted by Gasteiger charge is -2.21. The molecule has 1 aromatic heterocycles. The van der Waals surface area contributed by atoms with Crippen molar-refractivity contribution in [3.8, 4) is 0 Å². The second kappa shape index (κ2) is 6.38. The number of hydrogen-bond acceptors (Lipinski definition) is 3. The maximum absolute atomic E-state index is 12.0. The van der Waals surface area contributed by atoms with E-state index in [0.717, 1.165) is 43.7 Å². The van der Waals surface area contributed by atoms with Crippen LogP contribution in [-0.4, -0.2) is 28.9 Å².